The van der Waals surface area contributed by atoms with Gasteiger partial charge in [0.05, 0.1) is 0 Å². The number of amides is 2. The van der Waals surface area contributed by atoms with Gasteiger partial charge in [0.25, 0.3) is 0 Å². The largest absolute Gasteiger partial charge is 0.368 e. The van der Waals surface area contributed by atoms with Gasteiger partial charge in [-0.25, -0.2) is 0 Å². The fourth-order valence-corrected chi connectivity index (χ4v) is 1.06. The predicted octanol–water partition coefficient (Wildman–Crippen LogP) is -0.504. The van der Waals surface area contributed by atoms with E-state index in [-0.39, 0.29) is 5.91 Å². The third kappa shape index (κ3) is 5.53. The number of primary amides is 1. The Hall–Kier alpha value is -1.10. The van der Waals surface area contributed by atoms with Crippen molar-refractivity contribution in [2.45, 2.75) is 38.6 Å². The minimum Gasteiger partial charge on any atom is -0.368 e. The fraction of sp³-hybridized carbons (Fsp3) is 0.778. The van der Waals surface area contributed by atoms with Crippen molar-refractivity contribution in [3.63, 3.8) is 0 Å². The molecule has 5 heteroatoms. The average molecular weight is 201 g/mol. The minimum atomic E-state index is -0.621. The molecule has 14 heavy (non-hydrogen) atoms. The van der Waals surface area contributed by atoms with Crippen molar-refractivity contribution in [1.29, 1.82) is 0 Å². The van der Waals surface area contributed by atoms with Crippen molar-refractivity contribution in [3.05, 3.63) is 0 Å². The zero-order valence-corrected chi connectivity index (χ0v) is 8.58. The lowest BCUT2D eigenvalue weighted by Gasteiger charge is -2.13. The summed E-state index contributed by atoms with van der Waals surface area (Å²) in [4.78, 5) is 22.1. The molecule has 0 aliphatic carbocycles. The van der Waals surface area contributed by atoms with Gasteiger partial charge in [0.1, 0.15) is 6.04 Å². The number of nitrogens with two attached hydrogens (primary N) is 2. The molecule has 0 spiro atoms. The monoisotopic (exact) mass is 201 g/mol. The van der Waals surface area contributed by atoms with E-state index in [1.807, 2.05) is 6.92 Å². The Labute approximate surface area is 84.2 Å². The van der Waals surface area contributed by atoms with Crippen LogP contribution in [0.25, 0.3) is 0 Å². The molecule has 82 valence electrons. The highest BCUT2D eigenvalue weighted by atomic mass is 16.2. The van der Waals surface area contributed by atoms with Gasteiger partial charge < -0.3 is 16.8 Å². The highest BCUT2D eigenvalue weighted by Crippen LogP contribution is 1.96. The Balaban J connectivity index is 3.90. The summed E-state index contributed by atoms with van der Waals surface area (Å²) in [6.07, 6.45) is 2.60. The lowest BCUT2D eigenvalue weighted by Crippen LogP contribution is -2.45. The molecule has 1 unspecified atom stereocenters. The fourth-order valence-electron chi connectivity index (χ4n) is 1.06. The molecular formula is C9H19N3O2. The molecule has 0 aromatic carbocycles. The number of unbranched alkanes of at least 4 members (excludes halogenated alkanes) is 1. The normalized spacial score (nSPS) is 12.1. The zero-order valence-electron chi connectivity index (χ0n) is 8.58. The molecule has 5 N–H and O–H groups in total. The van der Waals surface area contributed by atoms with Crippen molar-refractivity contribution in [1.82, 2.24) is 5.32 Å². The Bertz CT molecular complexity index is 194. The molecule has 0 saturated heterocycles. The Morgan fingerprint density at radius 3 is 2.50 bits per heavy atom. The van der Waals surface area contributed by atoms with Crippen LogP contribution in [0.4, 0.5) is 0 Å². The first-order chi connectivity index (χ1) is 6.61. The molecule has 0 heterocycles. The van der Waals surface area contributed by atoms with Crippen molar-refractivity contribution in [2.24, 2.45) is 11.5 Å². The lowest BCUT2D eigenvalue weighted by molar-refractivity contribution is -0.127. The van der Waals surface area contributed by atoms with E-state index in [0.29, 0.717) is 19.4 Å². The van der Waals surface area contributed by atoms with Gasteiger partial charge in [-0.3, -0.25) is 9.59 Å². The minimum absolute atomic E-state index is 0.135. The molecule has 0 bridgehead atoms. The summed E-state index contributed by atoms with van der Waals surface area (Å²) in [6, 6.07) is -0.621. The first-order valence-electron chi connectivity index (χ1n) is 4.90. The molecule has 0 radical (unpaired) electrons. The maximum Gasteiger partial charge on any atom is 0.240 e. The Morgan fingerprint density at radius 1 is 1.43 bits per heavy atom. The van der Waals surface area contributed by atoms with E-state index >= 15 is 0 Å². The molecule has 0 fully saturated rings. The van der Waals surface area contributed by atoms with Crippen LogP contribution in [0.15, 0.2) is 0 Å². The van der Waals surface area contributed by atoms with Crippen molar-refractivity contribution >= 4 is 11.8 Å². The van der Waals surface area contributed by atoms with Gasteiger partial charge in [0.2, 0.25) is 11.8 Å². The number of hydrogen-bond acceptors (Lipinski definition) is 3. The summed E-state index contributed by atoms with van der Waals surface area (Å²) in [5.74, 6) is -0.663. The quantitative estimate of drug-likeness (QED) is 0.517. The van der Waals surface area contributed by atoms with Crippen LogP contribution in [0.3, 0.4) is 0 Å². The molecule has 0 aromatic rings. The van der Waals surface area contributed by atoms with Gasteiger partial charge in [-0.1, -0.05) is 13.3 Å². The van der Waals surface area contributed by atoms with Gasteiger partial charge >= 0.3 is 0 Å². The highest BCUT2D eigenvalue weighted by molar-refractivity contribution is 5.86. The van der Waals surface area contributed by atoms with Crippen LogP contribution in [0.1, 0.15) is 32.6 Å². The van der Waals surface area contributed by atoms with Gasteiger partial charge in [-0.05, 0) is 19.4 Å². The zero-order chi connectivity index (χ0) is 11.0. The topological polar surface area (TPSA) is 98.2 Å². The second-order valence-corrected chi connectivity index (χ2v) is 3.20. The van der Waals surface area contributed by atoms with E-state index < -0.39 is 11.9 Å². The maximum atomic E-state index is 11.2. The van der Waals surface area contributed by atoms with Gasteiger partial charge in [-0.2, -0.15) is 0 Å². The SMILES string of the molecule is CCCCC(=O)NC(CCN)C(N)=O. The smallest absolute Gasteiger partial charge is 0.240 e. The first kappa shape index (κ1) is 12.9. The molecule has 0 aromatic heterocycles. The van der Waals surface area contributed by atoms with Gasteiger partial charge in [0, 0.05) is 6.42 Å². The highest BCUT2D eigenvalue weighted by Gasteiger charge is 2.16. The number of hydrogen-bond donors (Lipinski definition) is 3. The van der Waals surface area contributed by atoms with Crippen LogP contribution in [-0.4, -0.2) is 24.4 Å². The Kier molecular flexibility index (Phi) is 6.74. The third-order valence-corrected chi connectivity index (χ3v) is 1.89. The molecule has 1 atom stereocenters. The molecule has 0 rings (SSSR count). The lowest BCUT2D eigenvalue weighted by atomic mass is 10.1. The summed E-state index contributed by atoms with van der Waals surface area (Å²) in [6.45, 7) is 2.33. The summed E-state index contributed by atoms with van der Waals surface area (Å²) in [5.41, 5.74) is 10.4. The standard InChI is InChI=1S/C9H19N3O2/c1-2-3-4-8(13)12-7(5-6-10)9(11)14/h7H,2-6,10H2,1H3,(H2,11,14)(H,12,13). The van der Waals surface area contributed by atoms with Crippen molar-refractivity contribution in [2.75, 3.05) is 6.54 Å². The first-order valence-corrected chi connectivity index (χ1v) is 4.90. The van der Waals surface area contributed by atoms with Crippen LogP contribution in [0, 0.1) is 0 Å². The van der Waals surface area contributed by atoms with Crippen LogP contribution in [-0.2, 0) is 9.59 Å². The average Bonchev–Trinajstić information content (AvgIpc) is 2.14. The van der Waals surface area contributed by atoms with E-state index in [1.165, 1.54) is 0 Å². The molecule has 0 aliphatic heterocycles. The van der Waals surface area contributed by atoms with Crippen LogP contribution in [0.5, 0.6) is 0 Å². The predicted molar refractivity (Wildman–Crippen MR) is 54.3 cm³/mol. The van der Waals surface area contributed by atoms with Crippen LogP contribution in [0.2, 0.25) is 0 Å². The number of carbonyl (C=O) groups is 2. The summed E-state index contributed by atoms with van der Waals surface area (Å²) in [7, 11) is 0. The van der Waals surface area contributed by atoms with E-state index in [9.17, 15) is 9.59 Å². The number of rotatable bonds is 7. The van der Waals surface area contributed by atoms with Crippen LogP contribution < -0.4 is 16.8 Å². The molecule has 2 amide bonds. The van der Waals surface area contributed by atoms with E-state index in [4.69, 9.17) is 11.5 Å². The second kappa shape index (κ2) is 7.32. The van der Waals surface area contributed by atoms with Gasteiger partial charge in [-0.15, -0.1) is 0 Å². The molecule has 0 aliphatic rings. The van der Waals surface area contributed by atoms with Crippen LogP contribution >= 0.6 is 0 Å². The van der Waals surface area contributed by atoms with E-state index in [2.05, 4.69) is 5.32 Å². The molecule has 0 saturated carbocycles. The van der Waals surface area contributed by atoms with E-state index in [0.717, 1.165) is 12.8 Å². The van der Waals surface area contributed by atoms with Gasteiger partial charge in [0.15, 0.2) is 0 Å². The Morgan fingerprint density at radius 2 is 2.07 bits per heavy atom. The number of carbonyl (C=O) groups excluding carboxylic acids is 2. The van der Waals surface area contributed by atoms with Crippen molar-refractivity contribution in [3.8, 4) is 0 Å². The summed E-state index contributed by atoms with van der Waals surface area (Å²) < 4.78 is 0. The molecular weight excluding hydrogens is 182 g/mol. The summed E-state index contributed by atoms with van der Waals surface area (Å²) >= 11 is 0. The second-order valence-electron chi connectivity index (χ2n) is 3.20. The number of nitrogens with one attached hydrogen (secondary N) is 1. The molecule has 5 nitrogen and oxygen atoms in total. The maximum absolute atomic E-state index is 11.2. The summed E-state index contributed by atoms with van der Waals surface area (Å²) in [5, 5.41) is 2.56. The van der Waals surface area contributed by atoms with Crippen molar-refractivity contribution < 1.29 is 9.59 Å². The third-order valence-electron chi connectivity index (χ3n) is 1.89. The van der Waals surface area contributed by atoms with E-state index in [1.54, 1.807) is 0 Å².